The number of benzene rings is 1. The number of fused-ring (bicyclic) bond motifs is 1. The molecule has 5 nitrogen and oxygen atoms in total. The van der Waals surface area contributed by atoms with Crippen LogP contribution in [0.1, 0.15) is 53.8 Å². The second kappa shape index (κ2) is 7.41. The van der Waals surface area contributed by atoms with E-state index in [2.05, 4.69) is 0 Å². The summed E-state index contributed by atoms with van der Waals surface area (Å²) in [5.74, 6) is 0.0581. The lowest BCUT2D eigenvalue weighted by Crippen LogP contribution is -2.43. The van der Waals surface area contributed by atoms with Crippen LogP contribution in [0.25, 0.3) is 5.69 Å². The van der Waals surface area contributed by atoms with Gasteiger partial charge in [-0.15, -0.1) is 0 Å². The highest BCUT2D eigenvalue weighted by atomic mass is 35.5. The molecule has 0 atom stereocenters. The molecular formula is C20H25ClN4O. The Morgan fingerprint density at radius 3 is 2.50 bits per heavy atom. The van der Waals surface area contributed by atoms with Crippen LogP contribution >= 0.6 is 11.6 Å². The maximum atomic E-state index is 13.2. The Kier molecular flexibility index (Phi) is 5.00. The van der Waals surface area contributed by atoms with Crippen molar-refractivity contribution in [1.82, 2.24) is 14.7 Å². The van der Waals surface area contributed by atoms with Crippen molar-refractivity contribution < 1.29 is 4.79 Å². The van der Waals surface area contributed by atoms with Gasteiger partial charge in [0.05, 0.1) is 5.69 Å². The van der Waals surface area contributed by atoms with Crippen LogP contribution in [0, 0.1) is 0 Å². The van der Waals surface area contributed by atoms with Gasteiger partial charge in [-0.1, -0.05) is 18.0 Å². The number of carbonyl (C=O) groups excluding carboxylic acids is 1. The van der Waals surface area contributed by atoms with Crippen molar-refractivity contribution in [1.29, 1.82) is 0 Å². The fourth-order valence-electron chi connectivity index (χ4n) is 4.00. The van der Waals surface area contributed by atoms with Crippen molar-refractivity contribution in [3.63, 3.8) is 0 Å². The van der Waals surface area contributed by atoms with Gasteiger partial charge in [-0.25, -0.2) is 4.68 Å². The first-order valence-electron chi connectivity index (χ1n) is 9.55. The summed E-state index contributed by atoms with van der Waals surface area (Å²) >= 11 is 6.04. The van der Waals surface area contributed by atoms with Crippen LogP contribution in [0.15, 0.2) is 24.3 Å². The molecule has 138 valence electrons. The zero-order chi connectivity index (χ0) is 18.1. The summed E-state index contributed by atoms with van der Waals surface area (Å²) in [5.41, 5.74) is 9.91. The Morgan fingerprint density at radius 1 is 1.08 bits per heavy atom. The third-order valence-corrected chi connectivity index (χ3v) is 5.78. The van der Waals surface area contributed by atoms with Crippen molar-refractivity contribution in [3.05, 3.63) is 46.2 Å². The molecule has 1 aromatic carbocycles. The van der Waals surface area contributed by atoms with E-state index in [4.69, 9.17) is 22.4 Å². The van der Waals surface area contributed by atoms with E-state index in [0.717, 1.165) is 62.9 Å². The highest BCUT2D eigenvalue weighted by Gasteiger charge is 2.29. The lowest BCUT2D eigenvalue weighted by molar-refractivity contribution is 0.0707. The number of piperidine rings is 1. The monoisotopic (exact) mass is 372 g/mol. The van der Waals surface area contributed by atoms with Crippen LogP contribution in [0.2, 0.25) is 5.02 Å². The molecule has 2 heterocycles. The minimum atomic E-state index is 0.0581. The van der Waals surface area contributed by atoms with Gasteiger partial charge >= 0.3 is 0 Å². The summed E-state index contributed by atoms with van der Waals surface area (Å²) in [5, 5.41) is 5.48. The van der Waals surface area contributed by atoms with Gasteiger partial charge in [-0.3, -0.25) is 4.79 Å². The maximum Gasteiger partial charge on any atom is 0.274 e. The summed E-state index contributed by atoms with van der Waals surface area (Å²) in [4.78, 5) is 15.1. The van der Waals surface area contributed by atoms with E-state index in [1.165, 1.54) is 12.1 Å². The molecule has 0 radical (unpaired) electrons. The average Bonchev–Trinajstić information content (AvgIpc) is 2.84. The fourth-order valence-corrected chi connectivity index (χ4v) is 4.12. The molecule has 1 aliphatic carbocycles. The molecule has 1 fully saturated rings. The molecule has 0 saturated carbocycles. The van der Waals surface area contributed by atoms with Gasteiger partial charge in [0.2, 0.25) is 0 Å². The van der Waals surface area contributed by atoms with Crippen molar-refractivity contribution in [2.75, 3.05) is 13.1 Å². The SMILES string of the molecule is NC1CCN(C(=O)c2nn(-c3ccc(Cl)cc3)c3c2CCCCC3)CC1. The van der Waals surface area contributed by atoms with Gasteiger partial charge in [0.25, 0.3) is 5.91 Å². The lowest BCUT2D eigenvalue weighted by Gasteiger charge is -2.29. The second-order valence-electron chi connectivity index (χ2n) is 7.35. The molecule has 1 aliphatic heterocycles. The Balaban J connectivity index is 1.72. The number of nitrogens with zero attached hydrogens (tertiary/aromatic N) is 3. The van der Waals surface area contributed by atoms with Crippen LogP contribution in [-0.2, 0) is 12.8 Å². The molecule has 0 bridgehead atoms. The molecule has 6 heteroatoms. The van der Waals surface area contributed by atoms with Gasteiger partial charge in [0.15, 0.2) is 5.69 Å². The molecule has 1 saturated heterocycles. The van der Waals surface area contributed by atoms with E-state index in [-0.39, 0.29) is 11.9 Å². The topological polar surface area (TPSA) is 64.2 Å². The maximum absolute atomic E-state index is 13.2. The minimum absolute atomic E-state index is 0.0581. The second-order valence-corrected chi connectivity index (χ2v) is 7.79. The van der Waals surface area contributed by atoms with Gasteiger partial charge < -0.3 is 10.6 Å². The van der Waals surface area contributed by atoms with Crippen LogP contribution in [-0.4, -0.2) is 39.7 Å². The van der Waals surface area contributed by atoms with Gasteiger partial charge in [0, 0.05) is 35.4 Å². The first-order valence-corrected chi connectivity index (χ1v) is 9.93. The third kappa shape index (κ3) is 3.38. The van der Waals surface area contributed by atoms with Crippen molar-refractivity contribution >= 4 is 17.5 Å². The number of rotatable bonds is 2. The number of aromatic nitrogens is 2. The van der Waals surface area contributed by atoms with Gasteiger partial charge in [-0.05, 0) is 62.8 Å². The van der Waals surface area contributed by atoms with E-state index in [9.17, 15) is 4.79 Å². The Labute approximate surface area is 159 Å². The van der Waals surface area contributed by atoms with E-state index < -0.39 is 0 Å². The molecule has 0 spiro atoms. The zero-order valence-electron chi connectivity index (χ0n) is 15.0. The molecule has 0 unspecified atom stereocenters. The van der Waals surface area contributed by atoms with Gasteiger partial charge in [-0.2, -0.15) is 5.10 Å². The number of hydrogen-bond donors (Lipinski definition) is 1. The van der Waals surface area contributed by atoms with E-state index >= 15 is 0 Å². The third-order valence-electron chi connectivity index (χ3n) is 5.53. The predicted octanol–water partition coefficient (Wildman–Crippen LogP) is 3.36. The van der Waals surface area contributed by atoms with E-state index in [1.807, 2.05) is 33.8 Å². The van der Waals surface area contributed by atoms with Crippen molar-refractivity contribution in [2.24, 2.45) is 5.73 Å². The fraction of sp³-hybridized carbons (Fsp3) is 0.500. The molecule has 4 rings (SSSR count). The molecule has 1 amide bonds. The van der Waals surface area contributed by atoms with E-state index in [0.29, 0.717) is 10.7 Å². The summed E-state index contributed by atoms with van der Waals surface area (Å²) in [6, 6.07) is 7.89. The zero-order valence-corrected chi connectivity index (χ0v) is 15.7. The van der Waals surface area contributed by atoms with Crippen LogP contribution in [0.3, 0.4) is 0 Å². The molecular weight excluding hydrogens is 348 g/mol. The standard InChI is InChI=1S/C20H25ClN4O/c21-14-6-8-16(9-7-14)25-18-5-3-1-2-4-17(18)19(23-25)20(26)24-12-10-15(22)11-13-24/h6-9,15H,1-5,10-13,22H2. The summed E-state index contributed by atoms with van der Waals surface area (Å²) in [6.07, 6.45) is 7.07. The number of hydrogen-bond acceptors (Lipinski definition) is 3. The molecule has 2 N–H and O–H groups in total. The van der Waals surface area contributed by atoms with Crippen LogP contribution < -0.4 is 5.73 Å². The Bertz CT molecular complexity index is 791. The molecule has 2 aliphatic rings. The number of nitrogens with two attached hydrogens (primary N) is 1. The molecule has 1 aromatic heterocycles. The number of carbonyl (C=O) groups is 1. The van der Waals surface area contributed by atoms with Gasteiger partial charge in [0.1, 0.15) is 0 Å². The highest BCUT2D eigenvalue weighted by molar-refractivity contribution is 6.30. The smallest absolute Gasteiger partial charge is 0.274 e. The Hall–Kier alpha value is -1.85. The number of halogens is 1. The highest BCUT2D eigenvalue weighted by Crippen LogP contribution is 2.28. The first-order chi connectivity index (χ1) is 12.6. The van der Waals surface area contributed by atoms with Crippen molar-refractivity contribution in [2.45, 2.75) is 51.0 Å². The summed E-state index contributed by atoms with van der Waals surface area (Å²) in [7, 11) is 0. The minimum Gasteiger partial charge on any atom is -0.337 e. The van der Waals surface area contributed by atoms with Crippen molar-refractivity contribution in [3.8, 4) is 5.69 Å². The normalized spacial score (nSPS) is 18.5. The molecule has 2 aromatic rings. The van der Waals surface area contributed by atoms with Crippen LogP contribution in [0.5, 0.6) is 0 Å². The lowest BCUT2D eigenvalue weighted by atomic mass is 10.0. The summed E-state index contributed by atoms with van der Waals surface area (Å²) in [6.45, 7) is 1.45. The first kappa shape index (κ1) is 17.6. The average molecular weight is 373 g/mol. The predicted molar refractivity (Wildman–Crippen MR) is 103 cm³/mol. The summed E-state index contributed by atoms with van der Waals surface area (Å²) < 4.78 is 1.96. The van der Waals surface area contributed by atoms with Crippen LogP contribution in [0.4, 0.5) is 0 Å². The largest absolute Gasteiger partial charge is 0.337 e. The van der Waals surface area contributed by atoms with E-state index in [1.54, 1.807) is 0 Å². The number of amides is 1. The molecule has 26 heavy (non-hydrogen) atoms. The number of likely N-dealkylation sites (tertiary alicyclic amines) is 1. The quantitative estimate of drug-likeness (QED) is 0.822. The Morgan fingerprint density at radius 2 is 1.77 bits per heavy atom.